The van der Waals surface area contributed by atoms with Crippen LogP contribution in [-0.4, -0.2) is 12.1 Å². The number of aryl methyl sites for hydroxylation is 2. The van der Waals surface area contributed by atoms with Gasteiger partial charge in [-0.1, -0.05) is 0 Å². The molecule has 0 unspecified atom stereocenters. The monoisotopic (exact) mass is 182 g/mol. The molecule has 1 rings (SSSR count). The topological polar surface area (TPSA) is 34.1 Å². The lowest BCUT2D eigenvalue weighted by atomic mass is 10.1. The fourth-order valence-electron chi connectivity index (χ4n) is 1.21. The minimum atomic E-state index is -0.408. The maximum Gasteiger partial charge on any atom is 0.226 e. The SMILES string of the molecule is Cc1sc(C)c(C(=O)C=O)c1C. The zero-order valence-corrected chi connectivity index (χ0v) is 8.12. The van der Waals surface area contributed by atoms with E-state index in [9.17, 15) is 9.59 Å². The second-order valence-electron chi connectivity index (χ2n) is 2.70. The Kier molecular flexibility index (Phi) is 2.43. The fraction of sp³-hybridized carbons (Fsp3) is 0.333. The summed E-state index contributed by atoms with van der Waals surface area (Å²) in [6.07, 6.45) is 0.376. The van der Waals surface area contributed by atoms with Gasteiger partial charge < -0.3 is 0 Å². The number of hydrogen-bond acceptors (Lipinski definition) is 3. The van der Waals surface area contributed by atoms with Crippen LogP contribution in [0.5, 0.6) is 0 Å². The summed E-state index contributed by atoms with van der Waals surface area (Å²) in [5.74, 6) is -0.408. The Balaban J connectivity index is 3.31. The van der Waals surface area contributed by atoms with Gasteiger partial charge in [-0.15, -0.1) is 11.3 Å². The molecular weight excluding hydrogens is 172 g/mol. The maximum absolute atomic E-state index is 11.1. The van der Waals surface area contributed by atoms with Crippen molar-refractivity contribution in [2.45, 2.75) is 20.8 Å². The van der Waals surface area contributed by atoms with Gasteiger partial charge in [0.15, 0.2) is 6.29 Å². The van der Waals surface area contributed by atoms with E-state index < -0.39 is 5.78 Å². The molecule has 0 atom stereocenters. The van der Waals surface area contributed by atoms with Crippen LogP contribution in [0.2, 0.25) is 0 Å². The van der Waals surface area contributed by atoms with E-state index in [0.29, 0.717) is 11.8 Å². The Labute approximate surface area is 75.2 Å². The van der Waals surface area contributed by atoms with Crippen LogP contribution in [0.25, 0.3) is 0 Å². The van der Waals surface area contributed by atoms with E-state index in [1.165, 1.54) is 0 Å². The van der Waals surface area contributed by atoms with Crippen LogP contribution in [0.1, 0.15) is 25.7 Å². The molecule has 0 aliphatic rings. The molecule has 0 N–H and O–H groups in total. The molecular formula is C9H10O2S. The van der Waals surface area contributed by atoms with Crippen LogP contribution in [-0.2, 0) is 4.79 Å². The zero-order valence-electron chi connectivity index (χ0n) is 7.30. The first-order valence-electron chi connectivity index (χ1n) is 3.64. The lowest BCUT2D eigenvalue weighted by Crippen LogP contribution is -2.01. The van der Waals surface area contributed by atoms with Gasteiger partial charge in [0.1, 0.15) is 0 Å². The third kappa shape index (κ3) is 1.32. The molecule has 0 bridgehead atoms. The van der Waals surface area contributed by atoms with Crippen LogP contribution in [0, 0.1) is 20.8 Å². The van der Waals surface area contributed by atoms with Gasteiger partial charge in [0.25, 0.3) is 0 Å². The number of carbonyl (C=O) groups is 2. The second kappa shape index (κ2) is 3.19. The molecule has 12 heavy (non-hydrogen) atoms. The number of aldehydes is 1. The summed E-state index contributed by atoms with van der Waals surface area (Å²) < 4.78 is 0. The average Bonchev–Trinajstić information content (AvgIpc) is 2.26. The van der Waals surface area contributed by atoms with Crippen LogP contribution >= 0.6 is 11.3 Å². The number of rotatable bonds is 2. The normalized spacial score (nSPS) is 9.92. The van der Waals surface area contributed by atoms with Crippen LogP contribution in [0.15, 0.2) is 0 Å². The van der Waals surface area contributed by atoms with Crippen molar-refractivity contribution in [2.24, 2.45) is 0 Å². The predicted octanol–water partition coefficient (Wildman–Crippen LogP) is 2.05. The molecule has 1 heterocycles. The molecule has 1 aromatic heterocycles. The first-order valence-corrected chi connectivity index (χ1v) is 4.45. The van der Waals surface area contributed by atoms with Crippen molar-refractivity contribution in [3.63, 3.8) is 0 Å². The Bertz CT molecular complexity index is 337. The number of hydrogen-bond donors (Lipinski definition) is 0. The molecule has 0 fully saturated rings. The van der Waals surface area contributed by atoms with Crippen molar-refractivity contribution in [3.8, 4) is 0 Å². The van der Waals surface area contributed by atoms with Gasteiger partial charge >= 0.3 is 0 Å². The van der Waals surface area contributed by atoms with Crippen molar-refractivity contribution in [1.29, 1.82) is 0 Å². The summed E-state index contributed by atoms with van der Waals surface area (Å²) in [6, 6.07) is 0. The van der Waals surface area contributed by atoms with Crippen LogP contribution < -0.4 is 0 Å². The van der Waals surface area contributed by atoms with Gasteiger partial charge in [-0.2, -0.15) is 0 Å². The maximum atomic E-state index is 11.1. The quantitative estimate of drug-likeness (QED) is 0.398. The second-order valence-corrected chi connectivity index (χ2v) is 4.13. The largest absolute Gasteiger partial charge is 0.294 e. The van der Waals surface area contributed by atoms with Crippen molar-refractivity contribution < 1.29 is 9.59 Å². The van der Waals surface area contributed by atoms with E-state index in [-0.39, 0.29) is 0 Å². The van der Waals surface area contributed by atoms with Gasteiger partial charge in [-0.3, -0.25) is 9.59 Å². The first kappa shape index (κ1) is 9.13. The number of thiophene rings is 1. The van der Waals surface area contributed by atoms with Crippen molar-refractivity contribution in [2.75, 3.05) is 0 Å². The molecule has 0 saturated carbocycles. The van der Waals surface area contributed by atoms with E-state index in [2.05, 4.69) is 0 Å². The lowest BCUT2D eigenvalue weighted by molar-refractivity contribution is -0.104. The molecule has 1 aromatic rings. The van der Waals surface area contributed by atoms with Crippen molar-refractivity contribution in [3.05, 3.63) is 20.9 Å². The molecule has 64 valence electrons. The summed E-state index contributed by atoms with van der Waals surface area (Å²) >= 11 is 1.56. The molecule has 0 aliphatic carbocycles. The summed E-state index contributed by atoms with van der Waals surface area (Å²) in [6.45, 7) is 5.69. The molecule has 0 radical (unpaired) electrons. The molecule has 0 aliphatic heterocycles. The van der Waals surface area contributed by atoms with E-state index in [1.807, 2.05) is 20.8 Å². The van der Waals surface area contributed by atoms with Crippen LogP contribution in [0.3, 0.4) is 0 Å². The molecule has 3 heteroatoms. The molecule has 0 saturated heterocycles. The highest BCUT2D eigenvalue weighted by Gasteiger charge is 2.15. The molecule has 2 nitrogen and oxygen atoms in total. The first-order chi connectivity index (χ1) is 5.57. The Morgan fingerprint density at radius 1 is 1.25 bits per heavy atom. The third-order valence-corrected chi connectivity index (χ3v) is 3.04. The number of carbonyl (C=O) groups excluding carboxylic acids is 2. The molecule has 0 amide bonds. The number of Topliss-reactive ketones (excluding diaryl/α,β-unsaturated/α-hetero) is 1. The van der Waals surface area contributed by atoms with Crippen LogP contribution in [0.4, 0.5) is 0 Å². The van der Waals surface area contributed by atoms with Gasteiger partial charge in [-0.25, -0.2) is 0 Å². The van der Waals surface area contributed by atoms with Crippen molar-refractivity contribution >= 4 is 23.4 Å². The van der Waals surface area contributed by atoms with Gasteiger partial charge in [-0.05, 0) is 26.3 Å². The Morgan fingerprint density at radius 2 is 1.83 bits per heavy atom. The van der Waals surface area contributed by atoms with Gasteiger partial charge in [0.2, 0.25) is 5.78 Å². The van der Waals surface area contributed by atoms with E-state index in [4.69, 9.17) is 0 Å². The van der Waals surface area contributed by atoms with E-state index in [0.717, 1.165) is 15.3 Å². The standard InChI is InChI=1S/C9H10O2S/c1-5-6(2)12-7(3)9(5)8(11)4-10/h4H,1-3H3. The highest BCUT2D eigenvalue weighted by Crippen LogP contribution is 2.26. The highest BCUT2D eigenvalue weighted by atomic mass is 32.1. The third-order valence-electron chi connectivity index (χ3n) is 1.91. The average molecular weight is 182 g/mol. The zero-order chi connectivity index (χ0) is 9.30. The molecule has 0 aromatic carbocycles. The van der Waals surface area contributed by atoms with Gasteiger partial charge in [0, 0.05) is 15.3 Å². The minimum Gasteiger partial charge on any atom is -0.294 e. The van der Waals surface area contributed by atoms with Gasteiger partial charge in [0.05, 0.1) is 0 Å². The summed E-state index contributed by atoms with van der Waals surface area (Å²) in [5, 5.41) is 0. The summed E-state index contributed by atoms with van der Waals surface area (Å²) in [5.41, 5.74) is 1.53. The van der Waals surface area contributed by atoms with Crippen molar-refractivity contribution in [1.82, 2.24) is 0 Å². The number of ketones is 1. The summed E-state index contributed by atoms with van der Waals surface area (Å²) in [7, 11) is 0. The fourth-order valence-corrected chi connectivity index (χ4v) is 2.28. The van der Waals surface area contributed by atoms with E-state index in [1.54, 1.807) is 11.3 Å². The predicted molar refractivity (Wildman–Crippen MR) is 48.9 cm³/mol. The Hall–Kier alpha value is -0.960. The summed E-state index contributed by atoms with van der Waals surface area (Å²) in [4.78, 5) is 23.4. The molecule has 0 spiro atoms. The smallest absolute Gasteiger partial charge is 0.226 e. The Morgan fingerprint density at radius 3 is 2.17 bits per heavy atom. The lowest BCUT2D eigenvalue weighted by Gasteiger charge is -1.93. The minimum absolute atomic E-state index is 0.376. The van der Waals surface area contributed by atoms with E-state index >= 15 is 0 Å². The highest BCUT2D eigenvalue weighted by molar-refractivity contribution is 7.12.